The number of aliphatic hydroxyl groups excluding tert-OH is 1. The van der Waals surface area contributed by atoms with E-state index < -0.39 is 29.6 Å². The Morgan fingerprint density at radius 1 is 1.14 bits per heavy atom. The number of hydrogen-bond acceptors (Lipinski definition) is 5. The van der Waals surface area contributed by atoms with Crippen molar-refractivity contribution in [3.8, 4) is 0 Å². The van der Waals surface area contributed by atoms with Gasteiger partial charge in [-0.3, -0.25) is 9.59 Å². The van der Waals surface area contributed by atoms with E-state index in [-0.39, 0.29) is 28.0 Å². The minimum atomic E-state index is -2.43. The lowest BCUT2D eigenvalue weighted by atomic mass is 9.75. The number of rotatable bonds is 1. The number of aliphatic carboxylic acids is 1. The van der Waals surface area contributed by atoms with Gasteiger partial charge in [0, 0.05) is 16.7 Å². The van der Waals surface area contributed by atoms with Crippen molar-refractivity contribution < 1.29 is 29.7 Å². The lowest BCUT2D eigenvalue weighted by molar-refractivity contribution is -0.156. The molecule has 1 atom stereocenters. The summed E-state index contributed by atoms with van der Waals surface area (Å²) in [6.07, 6.45) is 0.112. The molecule has 0 bridgehead atoms. The maximum absolute atomic E-state index is 12.4. The Labute approximate surface area is 118 Å². The van der Waals surface area contributed by atoms with Crippen molar-refractivity contribution in [1.29, 1.82) is 0 Å². The molecule has 0 spiro atoms. The lowest BCUT2D eigenvalue weighted by Gasteiger charge is -2.29. The summed E-state index contributed by atoms with van der Waals surface area (Å²) in [4.78, 5) is 35.6. The molecule has 0 heterocycles. The molecule has 0 amide bonds. The predicted octanol–water partition coefficient (Wildman–Crippen LogP) is 0.867. The first-order valence-corrected chi connectivity index (χ1v) is 6.15. The van der Waals surface area contributed by atoms with Crippen LogP contribution < -0.4 is 0 Å². The van der Waals surface area contributed by atoms with E-state index in [0.717, 1.165) is 6.08 Å². The van der Waals surface area contributed by atoms with Crippen LogP contribution in [0.3, 0.4) is 0 Å². The number of carboxylic acids is 1. The van der Waals surface area contributed by atoms with Crippen LogP contribution in [0.25, 0.3) is 5.76 Å². The van der Waals surface area contributed by atoms with E-state index in [2.05, 4.69) is 0 Å². The average Bonchev–Trinajstić information content (AvgIpc) is 2.44. The third-order valence-electron chi connectivity index (χ3n) is 3.64. The van der Waals surface area contributed by atoms with Crippen molar-refractivity contribution in [1.82, 2.24) is 0 Å². The molecule has 106 valence electrons. The van der Waals surface area contributed by atoms with Crippen LogP contribution in [0.1, 0.15) is 22.3 Å². The van der Waals surface area contributed by atoms with Gasteiger partial charge in [0.25, 0.3) is 0 Å². The SMILES string of the molecule is O=C1CC(O)(C(=O)O)C=C2C(=O)c3ccccc3C(O)=C12. The number of allylic oxidation sites excluding steroid dienone is 2. The van der Waals surface area contributed by atoms with Gasteiger partial charge in [0.15, 0.2) is 17.2 Å². The zero-order chi connectivity index (χ0) is 15.4. The third kappa shape index (κ3) is 1.73. The molecule has 3 N–H and O–H groups in total. The van der Waals surface area contributed by atoms with Gasteiger partial charge in [-0.1, -0.05) is 24.3 Å². The maximum atomic E-state index is 12.4. The van der Waals surface area contributed by atoms with E-state index in [1.807, 2.05) is 0 Å². The van der Waals surface area contributed by atoms with E-state index in [1.54, 1.807) is 12.1 Å². The lowest BCUT2D eigenvalue weighted by Crippen LogP contribution is -2.44. The van der Waals surface area contributed by atoms with Crippen molar-refractivity contribution in [3.05, 3.63) is 52.6 Å². The van der Waals surface area contributed by atoms with Gasteiger partial charge in [-0.15, -0.1) is 0 Å². The largest absolute Gasteiger partial charge is 0.507 e. The highest BCUT2D eigenvalue weighted by Crippen LogP contribution is 2.39. The van der Waals surface area contributed by atoms with E-state index in [9.17, 15) is 24.6 Å². The Hall–Kier alpha value is -2.73. The monoisotopic (exact) mass is 286 g/mol. The van der Waals surface area contributed by atoms with Crippen LogP contribution in [0, 0.1) is 0 Å². The third-order valence-corrected chi connectivity index (χ3v) is 3.64. The standard InChI is InChI=1S/C15H10O6/c16-10-6-15(21,14(19)20)5-9-11(10)13(18)8-4-2-1-3-7(8)12(9)17/h1-5,18,21H,6H2,(H,19,20). The quantitative estimate of drug-likeness (QED) is 0.706. The van der Waals surface area contributed by atoms with Gasteiger partial charge in [-0.2, -0.15) is 0 Å². The first-order valence-electron chi connectivity index (χ1n) is 6.15. The van der Waals surface area contributed by atoms with Crippen LogP contribution >= 0.6 is 0 Å². The normalized spacial score (nSPS) is 24.3. The second kappa shape index (κ2) is 4.13. The van der Waals surface area contributed by atoms with Crippen LogP contribution in [0.15, 0.2) is 41.5 Å². The van der Waals surface area contributed by atoms with Gasteiger partial charge < -0.3 is 15.3 Å². The molecule has 6 heteroatoms. The summed E-state index contributed by atoms with van der Waals surface area (Å²) in [6.45, 7) is 0. The molecule has 0 aliphatic heterocycles. The second-order valence-corrected chi connectivity index (χ2v) is 4.99. The number of carbonyl (C=O) groups is 3. The van der Waals surface area contributed by atoms with Gasteiger partial charge >= 0.3 is 5.97 Å². The number of aliphatic hydroxyl groups is 2. The highest BCUT2D eigenvalue weighted by atomic mass is 16.4. The summed E-state index contributed by atoms with van der Waals surface area (Å²) in [5.74, 6) is -3.36. The summed E-state index contributed by atoms with van der Waals surface area (Å²) in [7, 11) is 0. The molecule has 0 fully saturated rings. The predicted molar refractivity (Wildman–Crippen MR) is 70.6 cm³/mol. The number of benzene rings is 1. The Kier molecular flexibility index (Phi) is 2.61. The topological polar surface area (TPSA) is 112 Å². The van der Waals surface area contributed by atoms with E-state index >= 15 is 0 Å². The Morgan fingerprint density at radius 2 is 1.76 bits per heavy atom. The Balaban J connectivity index is 2.32. The summed E-state index contributed by atoms with van der Waals surface area (Å²) in [6, 6.07) is 6.16. The molecule has 2 aliphatic rings. The molecule has 6 nitrogen and oxygen atoms in total. The molecule has 1 aromatic carbocycles. The van der Waals surface area contributed by atoms with Crippen molar-refractivity contribution in [3.63, 3.8) is 0 Å². The number of carboxylic acid groups (broad SMARTS) is 1. The van der Waals surface area contributed by atoms with Crippen molar-refractivity contribution >= 4 is 23.3 Å². The fraction of sp³-hybridized carbons (Fsp3) is 0.133. The maximum Gasteiger partial charge on any atom is 0.340 e. The van der Waals surface area contributed by atoms with Gasteiger partial charge in [0.1, 0.15) is 5.76 Å². The van der Waals surface area contributed by atoms with Crippen LogP contribution in [0.5, 0.6) is 0 Å². The molecule has 3 rings (SSSR count). The molecule has 0 aromatic heterocycles. The highest BCUT2D eigenvalue weighted by molar-refractivity contribution is 6.27. The van der Waals surface area contributed by atoms with Crippen molar-refractivity contribution in [2.75, 3.05) is 0 Å². The van der Waals surface area contributed by atoms with E-state index in [0.29, 0.717) is 0 Å². The molecule has 0 saturated carbocycles. The summed E-state index contributed by atoms with van der Waals surface area (Å²) in [5.41, 5.74) is -2.55. The molecule has 2 aliphatic carbocycles. The molecular weight excluding hydrogens is 276 g/mol. The van der Waals surface area contributed by atoms with Crippen LogP contribution in [0.4, 0.5) is 0 Å². The minimum absolute atomic E-state index is 0.160. The minimum Gasteiger partial charge on any atom is -0.507 e. The number of fused-ring (bicyclic) bond motifs is 2. The number of Topliss-reactive ketones (excluding diaryl/α,β-unsaturated/α-hetero) is 2. The molecule has 21 heavy (non-hydrogen) atoms. The van der Waals surface area contributed by atoms with Crippen LogP contribution in [0.2, 0.25) is 0 Å². The van der Waals surface area contributed by atoms with Crippen molar-refractivity contribution in [2.45, 2.75) is 12.0 Å². The second-order valence-electron chi connectivity index (χ2n) is 4.99. The first kappa shape index (κ1) is 13.3. The number of hydrogen-bond donors (Lipinski definition) is 3. The van der Waals surface area contributed by atoms with Crippen LogP contribution in [-0.4, -0.2) is 38.5 Å². The van der Waals surface area contributed by atoms with Gasteiger partial charge in [-0.05, 0) is 6.08 Å². The first-order chi connectivity index (χ1) is 9.85. The van der Waals surface area contributed by atoms with Crippen molar-refractivity contribution in [2.24, 2.45) is 0 Å². The molecule has 1 aromatic rings. The van der Waals surface area contributed by atoms with Crippen LogP contribution in [-0.2, 0) is 9.59 Å². The Morgan fingerprint density at radius 3 is 2.38 bits per heavy atom. The Bertz CT molecular complexity index is 770. The van der Waals surface area contributed by atoms with Gasteiger partial charge in [0.2, 0.25) is 0 Å². The molecular formula is C15H10O6. The number of ketones is 2. The zero-order valence-electron chi connectivity index (χ0n) is 10.7. The summed E-state index contributed by atoms with van der Waals surface area (Å²) < 4.78 is 0. The fourth-order valence-electron chi connectivity index (χ4n) is 2.59. The highest BCUT2D eigenvalue weighted by Gasteiger charge is 2.46. The van der Waals surface area contributed by atoms with E-state index in [1.165, 1.54) is 12.1 Å². The average molecular weight is 286 g/mol. The van der Waals surface area contributed by atoms with E-state index in [4.69, 9.17) is 5.11 Å². The smallest absolute Gasteiger partial charge is 0.340 e. The summed E-state index contributed by atoms with van der Waals surface area (Å²) >= 11 is 0. The zero-order valence-corrected chi connectivity index (χ0v) is 10.7. The summed E-state index contributed by atoms with van der Waals surface area (Å²) in [5, 5.41) is 29.2. The fourth-order valence-corrected chi connectivity index (χ4v) is 2.59. The van der Waals surface area contributed by atoms with Gasteiger partial charge in [-0.25, -0.2) is 4.79 Å². The molecule has 0 saturated heterocycles. The molecule has 0 radical (unpaired) electrons. The van der Waals surface area contributed by atoms with Gasteiger partial charge in [0.05, 0.1) is 12.0 Å². The number of carbonyl (C=O) groups excluding carboxylic acids is 2. The molecule has 1 unspecified atom stereocenters.